The average Bonchev–Trinajstić information content (AvgIpc) is 3.37. The largest absolute Gasteiger partial charge is 0.478 e. The Hall–Kier alpha value is -9.02. The molecule has 22 heteroatoms. The lowest BCUT2D eigenvalue weighted by Crippen LogP contribution is -2.43. The molecule has 0 aliphatic carbocycles. The third-order valence-corrected chi connectivity index (χ3v) is 11.8. The van der Waals surface area contributed by atoms with Crippen molar-refractivity contribution in [3.05, 3.63) is 160 Å². The molecule has 0 radical (unpaired) electrons. The summed E-state index contributed by atoms with van der Waals surface area (Å²) in [7, 11) is 7.65. The van der Waals surface area contributed by atoms with Gasteiger partial charge in [-0.25, -0.2) is 51.7 Å². The molecule has 0 fully saturated rings. The summed E-state index contributed by atoms with van der Waals surface area (Å²) >= 11 is 0. The molecule has 0 saturated heterocycles. The minimum atomic E-state index is -1.07. The zero-order valence-electron chi connectivity index (χ0n) is 41.3. The molecule has 2 aliphatic heterocycles. The number of aryl methyl sites for hydroxylation is 1. The number of para-hydroxylation sites is 3. The second-order valence-corrected chi connectivity index (χ2v) is 17.7. The van der Waals surface area contributed by atoms with Gasteiger partial charge in [-0.1, -0.05) is 48.5 Å². The fourth-order valence-corrected chi connectivity index (χ4v) is 8.11. The van der Waals surface area contributed by atoms with Gasteiger partial charge in [-0.3, -0.25) is 4.79 Å². The predicted molar refractivity (Wildman–Crippen MR) is 277 cm³/mol. The van der Waals surface area contributed by atoms with Crippen molar-refractivity contribution < 1.29 is 41.8 Å². The Bertz CT molecular complexity index is 3250. The first-order valence-electron chi connectivity index (χ1n) is 23.4. The molecule has 7 aromatic rings. The molecular formula is C53H51F4N13O5. The number of aromatic nitrogens is 4. The highest BCUT2D eigenvalue weighted by molar-refractivity contribution is 6.06. The van der Waals surface area contributed by atoms with Crippen molar-refractivity contribution in [2.75, 3.05) is 80.1 Å². The number of hydrogen-bond donors (Lipinski definition) is 6. The molecule has 0 spiro atoms. The number of halogens is 4. The third-order valence-electron chi connectivity index (χ3n) is 11.8. The number of nitrogens with one attached hydrogen (secondary N) is 5. The number of carboxylic acid groups (broad SMARTS) is 1. The summed E-state index contributed by atoms with van der Waals surface area (Å²) < 4.78 is 59.1. The van der Waals surface area contributed by atoms with Gasteiger partial charge < -0.3 is 41.5 Å². The molecule has 9 rings (SSSR count). The molecule has 18 nitrogen and oxygen atoms in total. The topological polar surface area (TPSA) is 213 Å². The van der Waals surface area contributed by atoms with Crippen LogP contribution >= 0.6 is 0 Å². The first-order chi connectivity index (χ1) is 36.0. The molecule has 0 saturated carbocycles. The number of amides is 5. The van der Waals surface area contributed by atoms with E-state index in [0.29, 0.717) is 71.1 Å². The summed E-state index contributed by atoms with van der Waals surface area (Å²) in [5, 5.41) is 23.6. The van der Waals surface area contributed by atoms with Gasteiger partial charge in [-0.15, -0.1) is 0 Å². The lowest BCUT2D eigenvalue weighted by atomic mass is 9.98. The van der Waals surface area contributed by atoms with Gasteiger partial charge in [0.05, 0.1) is 30.0 Å². The van der Waals surface area contributed by atoms with E-state index in [4.69, 9.17) is 4.98 Å². The number of hydrogen-bond acceptors (Lipinski definition) is 12. The van der Waals surface area contributed by atoms with Crippen molar-refractivity contribution in [1.82, 2.24) is 40.4 Å². The summed E-state index contributed by atoms with van der Waals surface area (Å²) in [5.41, 5.74) is 3.91. The van der Waals surface area contributed by atoms with Crippen molar-refractivity contribution in [3.8, 4) is 22.5 Å². The fourth-order valence-electron chi connectivity index (χ4n) is 8.11. The molecule has 2 aliphatic rings. The maximum Gasteiger partial charge on any atom is 0.335 e. The Morgan fingerprint density at radius 1 is 0.613 bits per heavy atom. The molecule has 6 N–H and O–H groups in total. The van der Waals surface area contributed by atoms with Crippen molar-refractivity contribution in [3.63, 3.8) is 0 Å². The Balaban J connectivity index is 0.000000203. The second-order valence-electron chi connectivity index (χ2n) is 17.7. The van der Waals surface area contributed by atoms with Crippen LogP contribution < -0.4 is 36.4 Å². The number of benzene rings is 5. The third kappa shape index (κ3) is 11.8. The highest BCUT2D eigenvalue weighted by atomic mass is 19.1. The van der Waals surface area contributed by atoms with E-state index in [9.17, 15) is 41.8 Å². The molecule has 5 aromatic carbocycles. The Labute approximate surface area is 428 Å². The number of carbonyl (C=O) groups excluding carboxylic acids is 3. The lowest BCUT2D eigenvalue weighted by molar-refractivity contribution is 0.0696. The van der Waals surface area contributed by atoms with Crippen LogP contribution in [0, 0.1) is 30.2 Å². The predicted octanol–water partition coefficient (Wildman–Crippen LogP) is 8.77. The lowest BCUT2D eigenvalue weighted by Gasteiger charge is -2.31. The monoisotopic (exact) mass is 1030 g/mol. The van der Waals surface area contributed by atoms with Crippen molar-refractivity contribution in [1.29, 1.82) is 0 Å². The van der Waals surface area contributed by atoms with Gasteiger partial charge in [0.1, 0.15) is 34.6 Å². The first-order valence-corrected chi connectivity index (χ1v) is 23.4. The Morgan fingerprint density at radius 2 is 1.08 bits per heavy atom. The van der Waals surface area contributed by atoms with Crippen molar-refractivity contribution in [2.45, 2.75) is 20.0 Å². The number of aromatic carboxylic acids is 1. The van der Waals surface area contributed by atoms with Crippen LogP contribution in [0.1, 0.15) is 37.4 Å². The first kappa shape index (κ1) is 52.3. The summed E-state index contributed by atoms with van der Waals surface area (Å²) in [4.78, 5) is 73.9. The van der Waals surface area contributed by atoms with E-state index < -0.39 is 52.7 Å². The van der Waals surface area contributed by atoms with Gasteiger partial charge in [0.25, 0.3) is 5.91 Å². The van der Waals surface area contributed by atoms with Crippen LogP contribution in [0.3, 0.4) is 0 Å². The minimum Gasteiger partial charge on any atom is -0.478 e. The molecule has 75 heavy (non-hydrogen) atoms. The van der Waals surface area contributed by atoms with Gasteiger partial charge in [0.15, 0.2) is 11.6 Å². The Kier molecular flexibility index (Phi) is 15.9. The highest BCUT2D eigenvalue weighted by Gasteiger charge is 2.36. The van der Waals surface area contributed by atoms with E-state index in [-0.39, 0.29) is 48.1 Å². The fraction of sp³-hybridized carbons (Fsp3) is 0.208. The maximum atomic E-state index is 14.9. The molecule has 0 bridgehead atoms. The highest BCUT2D eigenvalue weighted by Crippen LogP contribution is 2.41. The molecule has 386 valence electrons. The quantitative estimate of drug-likeness (QED) is 0.0531. The van der Waals surface area contributed by atoms with E-state index in [0.717, 1.165) is 39.6 Å². The van der Waals surface area contributed by atoms with Crippen LogP contribution in [0.15, 0.2) is 109 Å². The number of rotatable bonds is 15. The van der Waals surface area contributed by atoms with Gasteiger partial charge in [0, 0.05) is 59.7 Å². The molecule has 0 unspecified atom stereocenters. The van der Waals surface area contributed by atoms with E-state index in [1.807, 2.05) is 63.1 Å². The van der Waals surface area contributed by atoms with Gasteiger partial charge in [-0.05, 0) is 101 Å². The van der Waals surface area contributed by atoms with Gasteiger partial charge in [-0.2, -0.15) is 9.97 Å². The summed E-state index contributed by atoms with van der Waals surface area (Å²) in [6.07, 6.45) is 0. The molecule has 4 heterocycles. The van der Waals surface area contributed by atoms with E-state index in [1.54, 1.807) is 42.5 Å². The SMILES string of the molecule is CN(C)CCNc1nc(-c2ccc(C(=O)O)cc2)c2c(n1)N(c1c(F)cccc1F)C(=O)NC2.Cc1cc(C(=O)Nc2ccccc2)ccc1-c1nc(NCCN(C)C)nc2c1CNC(=O)N2c1c(F)cccc1F. The van der Waals surface area contributed by atoms with Crippen molar-refractivity contribution >= 4 is 64.5 Å². The van der Waals surface area contributed by atoms with Crippen LogP contribution in [-0.4, -0.2) is 113 Å². The second kappa shape index (κ2) is 22.8. The van der Waals surface area contributed by atoms with E-state index >= 15 is 0 Å². The number of fused-ring (bicyclic) bond motifs is 2. The van der Waals surface area contributed by atoms with E-state index in [2.05, 4.69) is 41.5 Å². The van der Waals surface area contributed by atoms with Crippen LogP contribution in [-0.2, 0) is 13.1 Å². The zero-order chi connectivity index (χ0) is 53.5. The number of anilines is 7. The number of urea groups is 2. The smallest absolute Gasteiger partial charge is 0.335 e. The van der Waals surface area contributed by atoms with Gasteiger partial charge >= 0.3 is 18.0 Å². The zero-order valence-corrected chi connectivity index (χ0v) is 41.3. The Morgan fingerprint density at radius 3 is 1.55 bits per heavy atom. The standard InChI is InChI=1S/C30H29F2N7O2.C23H22F2N6O3/c1-18-16-19(28(40)35-20-8-5-4-6-9-20)12-13-21(18)25-22-17-34-30(41)39(26-23(31)10-7-11-24(26)32)27(22)37-29(36-25)33-14-15-38(2)3;1-30(2)11-10-26-22-28-18(13-6-8-14(9-7-13)21(32)33)15-12-27-23(34)31(20(15)29-22)19-16(24)4-3-5-17(19)25/h4-13,16H,14-15,17H2,1-3H3,(H,34,41)(H,35,40)(H,33,36,37);3-9H,10-12H2,1-2H3,(H,27,34)(H,32,33)(H,26,28,29). The molecule has 0 atom stereocenters. The summed E-state index contributed by atoms with van der Waals surface area (Å²) in [6, 6.07) is 25.6. The number of nitrogens with zero attached hydrogens (tertiary/aromatic N) is 8. The van der Waals surface area contributed by atoms with E-state index in [1.165, 1.54) is 24.3 Å². The molecule has 2 aromatic heterocycles. The van der Waals surface area contributed by atoms with Crippen molar-refractivity contribution in [2.24, 2.45) is 0 Å². The number of likely N-dealkylation sites (N-methyl/N-ethyl adjacent to an activating group) is 2. The summed E-state index contributed by atoms with van der Waals surface area (Å²) in [6.45, 7) is 4.21. The molecule has 5 amide bonds. The minimum absolute atomic E-state index is 0.0226. The normalized spacial score (nSPS) is 12.8. The number of carbonyl (C=O) groups is 4. The van der Waals surface area contributed by atoms with Crippen LogP contribution in [0.5, 0.6) is 0 Å². The number of carboxylic acids is 1. The van der Waals surface area contributed by atoms with Crippen LogP contribution in [0.2, 0.25) is 0 Å². The average molecular weight is 1030 g/mol. The van der Waals surface area contributed by atoms with Crippen LogP contribution in [0.4, 0.5) is 67.7 Å². The maximum absolute atomic E-state index is 14.9. The molecular weight excluding hydrogens is 975 g/mol. The summed E-state index contributed by atoms with van der Waals surface area (Å²) in [5.74, 6) is -4.52. The van der Waals surface area contributed by atoms with Crippen LogP contribution in [0.25, 0.3) is 22.5 Å². The van der Waals surface area contributed by atoms with Gasteiger partial charge in [0.2, 0.25) is 11.9 Å².